The van der Waals surface area contributed by atoms with E-state index in [-0.39, 0.29) is 21.5 Å². The van der Waals surface area contributed by atoms with Crippen LogP contribution in [0.15, 0.2) is 21.3 Å². The topological polar surface area (TPSA) is 92.5 Å². The molecule has 0 spiro atoms. The smallest absolute Gasteiger partial charge is 0.230 e. The van der Waals surface area contributed by atoms with Crippen molar-refractivity contribution in [2.45, 2.75) is 0 Å². The van der Waals surface area contributed by atoms with Crippen molar-refractivity contribution in [3.05, 3.63) is 22.6 Å². The molecule has 1 aromatic carbocycles. The van der Waals surface area contributed by atoms with Crippen LogP contribution in [0.2, 0.25) is 0 Å². The fourth-order valence-electron chi connectivity index (χ4n) is 1.29. The summed E-state index contributed by atoms with van der Waals surface area (Å²) in [4.78, 5) is 0. The number of phenolic OH excluding ortho intramolecular Hbond substituents is 2. The van der Waals surface area contributed by atoms with Crippen molar-refractivity contribution >= 4 is 21.8 Å². The highest BCUT2D eigenvalue weighted by Gasteiger charge is 2.21. The third-order valence-electron chi connectivity index (χ3n) is 2.04. The molecule has 0 saturated heterocycles. The molecule has 0 aliphatic carbocycles. The van der Waals surface area contributed by atoms with Crippen molar-refractivity contribution in [3.8, 4) is 22.6 Å². The fourth-order valence-corrected chi connectivity index (χ4v) is 1.80. The molecule has 84 valence electrons. The van der Waals surface area contributed by atoms with Gasteiger partial charge < -0.3 is 20.5 Å². The molecular weight excluding hydrogens is 283 g/mol. The molecule has 2 rings (SSSR count). The zero-order valence-electron chi connectivity index (χ0n) is 7.74. The number of aromatic nitrogens is 1. The number of hydrogen-bond acceptors (Lipinski definition) is 5. The zero-order chi connectivity index (χ0) is 11.9. The van der Waals surface area contributed by atoms with Crippen LogP contribution in [-0.2, 0) is 0 Å². The molecule has 0 unspecified atom stereocenters. The Balaban J connectivity index is 2.79. The van der Waals surface area contributed by atoms with Crippen LogP contribution in [0.5, 0.6) is 11.5 Å². The first-order valence-corrected chi connectivity index (χ1v) is 4.92. The molecule has 7 heteroatoms. The molecule has 0 aliphatic rings. The minimum Gasteiger partial charge on any atom is -0.504 e. The van der Waals surface area contributed by atoms with Crippen LogP contribution in [0, 0.1) is 5.82 Å². The van der Waals surface area contributed by atoms with Gasteiger partial charge in [0.2, 0.25) is 5.88 Å². The van der Waals surface area contributed by atoms with Gasteiger partial charge in [-0.25, -0.2) is 4.39 Å². The Morgan fingerprint density at radius 2 is 2.12 bits per heavy atom. The average molecular weight is 289 g/mol. The number of aromatic hydroxyl groups is 2. The average Bonchev–Trinajstić information content (AvgIpc) is 2.63. The summed E-state index contributed by atoms with van der Waals surface area (Å²) in [6, 6.07) is 0.784. The lowest BCUT2D eigenvalue weighted by molar-refractivity contribution is 0.400. The molecule has 0 atom stereocenters. The normalized spacial score (nSPS) is 10.6. The lowest BCUT2D eigenvalue weighted by atomic mass is 10.1. The summed E-state index contributed by atoms with van der Waals surface area (Å²) in [5, 5.41) is 22.3. The lowest BCUT2D eigenvalue weighted by Crippen LogP contribution is -1.89. The van der Waals surface area contributed by atoms with E-state index >= 15 is 0 Å². The van der Waals surface area contributed by atoms with Gasteiger partial charge in [0.25, 0.3) is 0 Å². The van der Waals surface area contributed by atoms with Gasteiger partial charge in [0, 0.05) is 6.07 Å². The minimum absolute atomic E-state index is 0.00347. The molecule has 5 nitrogen and oxygen atoms in total. The van der Waals surface area contributed by atoms with Gasteiger partial charge in [-0.3, -0.25) is 0 Å². The summed E-state index contributed by atoms with van der Waals surface area (Å²) in [5.74, 6) is -1.90. The van der Waals surface area contributed by atoms with Crippen LogP contribution in [0.4, 0.5) is 10.3 Å². The molecule has 1 heterocycles. The highest BCUT2D eigenvalue weighted by atomic mass is 79.9. The number of anilines is 1. The van der Waals surface area contributed by atoms with Crippen LogP contribution in [-0.4, -0.2) is 15.4 Å². The van der Waals surface area contributed by atoms with Gasteiger partial charge in [0.05, 0.1) is 21.8 Å². The summed E-state index contributed by atoms with van der Waals surface area (Å²) >= 11 is 2.95. The first-order valence-electron chi connectivity index (χ1n) is 4.12. The molecule has 0 radical (unpaired) electrons. The number of hydrogen-bond donors (Lipinski definition) is 3. The Morgan fingerprint density at radius 3 is 2.69 bits per heavy atom. The van der Waals surface area contributed by atoms with Crippen molar-refractivity contribution in [2.75, 3.05) is 5.73 Å². The number of nitrogens with two attached hydrogens (primary N) is 1. The largest absolute Gasteiger partial charge is 0.504 e. The van der Waals surface area contributed by atoms with Crippen molar-refractivity contribution in [1.29, 1.82) is 0 Å². The molecule has 16 heavy (non-hydrogen) atoms. The summed E-state index contributed by atoms with van der Waals surface area (Å²) < 4.78 is 17.9. The SMILES string of the molecule is Nc1oncc1-c1c(O)c(O)cc(F)c1Br. The summed E-state index contributed by atoms with van der Waals surface area (Å²) in [6.07, 6.45) is 1.22. The Bertz CT molecular complexity index is 530. The Kier molecular flexibility index (Phi) is 2.47. The van der Waals surface area contributed by atoms with E-state index in [0.717, 1.165) is 6.07 Å². The van der Waals surface area contributed by atoms with E-state index < -0.39 is 17.3 Å². The van der Waals surface area contributed by atoms with Crippen LogP contribution in [0.1, 0.15) is 0 Å². The van der Waals surface area contributed by atoms with Crippen molar-refractivity contribution in [1.82, 2.24) is 5.16 Å². The number of nitrogen functional groups attached to an aromatic ring is 1. The predicted octanol–water partition coefficient (Wildman–Crippen LogP) is 2.24. The van der Waals surface area contributed by atoms with Crippen molar-refractivity contribution in [3.63, 3.8) is 0 Å². The van der Waals surface area contributed by atoms with E-state index in [1.54, 1.807) is 0 Å². The molecule has 0 bridgehead atoms. The third kappa shape index (κ3) is 1.49. The van der Waals surface area contributed by atoms with E-state index in [1.165, 1.54) is 6.20 Å². The second kappa shape index (κ2) is 3.67. The summed E-state index contributed by atoms with van der Waals surface area (Å²) in [6.45, 7) is 0. The lowest BCUT2D eigenvalue weighted by Gasteiger charge is -2.08. The number of halogens is 2. The van der Waals surface area contributed by atoms with E-state index in [1.807, 2.05) is 0 Å². The predicted molar refractivity (Wildman–Crippen MR) is 57.3 cm³/mol. The van der Waals surface area contributed by atoms with Crippen LogP contribution in [0.3, 0.4) is 0 Å². The molecule has 0 saturated carbocycles. The standard InChI is InChI=1S/C9H6BrFN2O3/c10-7-4(11)1-5(14)8(15)6(7)3-2-13-16-9(3)12/h1-2,14-15H,12H2. The first-order chi connectivity index (χ1) is 7.52. The van der Waals surface area contributed by atoms with Gasteiger partial charge >= 0.3 is 0 Å². The van der Waals surface area contributed by atoms with Crippen molar-refractivity contribution < 1.29 is 19.1 Å². The highest BCUT2D eigenvalue weighted by molar-refractivity contribution is 9.10. The van der Waals surface area contributed by atoms with Crippen LogP contribution in [0.25, 0.3) is 11.1 Å². The Hall–Kier alpha value is -1.76. The van der Waals surface area contributed by atoms with E-state index in [4.69, 9.17) is 5.73 Å². The number of benzene rings is 1. The first kappa shape index (κ1) is 10.7. The van der Waals surface area contributed by atoms with Gasteiger partial charge in [-0.05, 0) is 15.9 Å². The highest BCUT2D eigenvalue weighted by Crippen LogP contribution is 2.44. The number of rotatable bonds is 1. The molecular formula is C9H6BrFN2O3. The summed E-state index contributed by atoms with van der Waals surface area (Å²) in [5.41, 5.74) is 5.64. The van der Waals surface area contributed by atoms with Gasteiger partial charge in [0.15, 0.2) is 11.5 Å². The monoisotopic (exact) mass is 288 g/mol. The molecule has 0 aliphatic heterocycles. The minimum atomic E-state index is -0.731. The van der Waals surface area contributed by atoms with E-state index in [0.29, 0.717) is 0 Å². The van der Waals surface area contributed by atoms with Gasteiger partial charge in [-0.15, -0.1) is 0 Å². The maximum atomic E-state index is 13.3. The molecule has 1 aromatic heterocycles. The zero-order valence-corrected chi connectivity index (χ0v) is 9.32. The molecule has 0 amide bonds. The van der Waals surface area contributed by atoms with Crippen molar-refractivity contribution in [2.24, 2.45) is 0 Å². The summed E-state index contributed by atoms with van der Waals surface area (Å²) in [7, 11) is 0. The number of nitrogens with zero attached hydrogens (tertiary/aromatic N) is 1. The maximum absolute atomic E-state index is 13.3. The van der Waals surface area contributed by atoms with Gasteiger partial charge in [-0.2, -0.15) is 0 Å². The molecule has 4 N–H and O–H groups in total. The quantitative estimate of drug-likeness (QED) is 0.700. The van der Waals surface area contributed by atoms with Crippen LogP contribution >= 0.6 is 15.9 Å². The maximum Gasteiger partial charge on any atom is 0.230 e. The molecule has 2 aromatic rings. The van der Waals surface area contributed by atoms with Gasteiger partial charge in [0.1, 0.15) is 5.82 Å². The van der Waals surface area contributed by atoms with Crippen LogP contribution < -0.4 is 5.73 Å². The Morgan fingerprint density at radius 1 is 1.44 bits per heavy atom. The Labute approximate surface area is 97.4 Å². The second-order valence-electron chi connectivity index (χ2n) is 3.02. The van der Waals surface area contributed by atoms with Gasteiger partial charge in [-0.1, -0.05) is 5.16 Å². The van der Waals surface area contributed by atoms with E-state index in [9.17, 15) is 14.6 Å². The second-order valence-corrected chi connectivity index (χ2v) is 3.81. The number of phenols is 2. The van der Waals surface area contributed by atoms with E-state index in [2.05, 4.69) is 25.6 Å². The fraction of sp³-hybridized carbons (Fsp3) is 0. The third-order valence-corrected chi connectivity index (χ3v) is 2.81. The molecule has 0 fully saturated rings.